The minimum absolute atomic E-state index is 0.377. The minimum atomic E-state index is 0.377. The van der Waals surface area contributed by atoms with Gasteiger partial charge in [-0.2, -0.15) is 5.26 Å². The van der Waals surface area contributed by atoms with E-state index in [2.05, 4.69) is 21.7 Å². The third-order valence-electron chi connectivity index (χ3n) is 3.87. The number of nitriles is 1. The van der Waals surface area contributed by atoms with Crippen LogP contribution in [-0.4, -0.2) is 17.0 Å². The molecule has 2 aliphatic rings. The van der Waals surface area contributed by atoms with Gasteiger partial charge in [0, 0.05) is 11.9 Å². The molecule has 0 amide bonds. The van der Waals surface area contributed by atoms with Crippen LogP contribution in [0.4, 0.5) is 0 Å². The molecule has 5 heteroatoms. The van der Waals surface area contributed by atoms with Crippen LogP contribution in [0.1, 0.15) is 38.3 Å². The van der Waals surface area contributed by atoms with Gasteiger partial charge in [-0.05, 0) is 38.0 Å². The second-order valence-electron chi connectivity index (χ2n) is 5.61. The Balaban J connectivity index is 1.94. The summed E-state index contributed by atoms with van der Waals surface area (Å²) in [6.07, 6.45) is 8.38. The number of hydrogen-bond acceptors (Lipinski definition) is 3. The van der Waals surface area contributed by atoms with Crippen LogP contribution in [0.2, 0.25) is 0 Å². The van der Waals surface area contributed by atoms with Gasteiger partial charge in [-0.15, -0.1) is 0 Å². The summed E-state index contributed by atoms with van der Waals surface area (Å²) >= 11 is 0. The lowest BCUT2D eigenvalue weighted by molar-refractivity contribution is 0.694. The Hall–Kier alpha value is -2.61. The van der Waals surface area contributed by atoms with Gasteiger partial charge in [0.15, 0.2) is 5.96 Å². The van der Waals surface area contributed by atoms with Gasteiger partial charge in [-0.3, -0.25) is 4.98 Å². The molecule has 1 aromatic rings. The number of guanidine groups is 1. The van der Waals surface area contributed by atoms with Crippen molar-refractivity contribution in [2.45, 2.75) is 38.6 Å². The van der Waals surface area contributed by atoms with E-state index in [-0.39, 0.29) is 0 Å². The first-order chi connectivity index (χ1) is 10.8. The zero-order valence-electron chi connectivity index (χ0n) is 12.6. The topological polar surface area (TPSA) is 73.1 Å². The zero-order chi connectivity index (χ0) is 15.4. The molecule has 0 unspecified atom stereocenters. The van der Waals surface area contributed by atoms with Crippen LogP contribution in [-0.2, 0) is 0 Å². The van der Waals surface area contributed by atoms with Crippen LogP contribution in [0.5, 0.6) is 0 Å². The highest BCUT2D eigenvalue weighted by Gasteiger charge is 2.19. The lowest BCUT2D eigenvalue weighted by atomic mass is 10.1. The molecule has 0 atom stereocenters. The first kappa shape index (κ1) is 14.3. The molecule has 22 heavy (non-hydrogen) atoms. The van der Waals surface area contributed by atoms with E-state index in [1.807, 2.05) is 31.2 Å². The van der Waals surface area contributed by atoms with Crippen molar-refractivity contribution >= 4 is 11.5 Å². The Labute approximate surface area is 130 Å². The van der Waals surface area contributed by atoms with Crippen LogP contribution in [0, 0.1) is 11.3 Å². The number of nitrogens with one attached hydrogen (secondary N) is 2. The number of hydrogen-bond donors (Lipinski definition) is 2. The number of rotatable bonds is 2. The summed E-state index contributed by atoms with van der Waals surface area (Å²) in [6.45, 7) is 1.97. The van der Waals surface area contributed by atoms with Gasteiger partial charge in [0.05, 0.1) is 17.4 Å². The molecular formula is C17H19N5. The van der Waals surface area contributed by atoms with Crippen LogP contribution in [0.3, 0.4) is 0 Å². The Morgan fingerprint density at radius 2 is 2.14 bits per heavy atom. The average Bonchev–Trinajstić information content (AvgIpc) is 3.01. The lowest BCUT2D eigenvalue weighted by Crippen LogP contribution is -2.40. The number of aromatic nitrogens is 1. The van der Waals surface area contributed by atoms with E-state index < -0.39 is 0 Å². The van der Waals surface area contributed by atoms with E-state index in [1.165, 1.54) is 12.8 Å². The fraction of sp³-hybridized carbons (Fsp3) is 0.353. The molecule has 0 saturated heterocycles. The Bertz CT molecular complexity index is 673. The summed E-state index contributed by atoms with van der Waals surface area (Å²) < 4.78 is 0. The van der Waals surface area contributed by atoms with E-state index in [0.29, 0.717) is 17.3 Å². The molecule has 1 fully saturated rings. The maximum Gasteiger partial charge on any atom is 0.200 e. The molecule has 1 aromatic heterocycles. The Morgan fingerprint density at radius 3 is 2.82 bits per heavy atom. The summed E-state index contributed by atoms with van der Waals surface area (Å²) in [7, 11) is 0. The quantitative estimate of drug-likeness (QED) is 0.822. The Kier molecular flexibility index (Phi) is 4.19. The van der Waals surface area contributed by atoms with E-state index in [1.54, 1.807) is 6.20 Å². The largest absolute Gasteiger partial charge is 0.330 e. The monoisotopic (exact) mass is 293 g/mol. The predicted octanol–water partition coefficient (Wildman–Crippen LogP) is 2.71. The van der Waals surface area contributed by atoms with Crippen LogP contribution in [0.15, 0.2) is 46.9 Å². The second-order valence-corrected chi connectivity index (χ2v) is 5.61. The molecular weight excluding hydrogens is 274 g/mol. The highest BCUT2D eigenvalue weighted by atomic mass is 15.2. The molecule has 0 aromatic carbocycles. The number of allylic oxidation sites excluding steroid dienone is 3. The van der Waals surface area contributed by atoms with Gasteiger partial charge in [0.1, 0.15) is 11.6 Å². The standard InChI is InChI=1S/C17H19N5/c1-12-10-16(14(11-18)15-8-4-5-9-19-15)22-17(20-12)21-13-6-2-3-7-13/h4-5,8-10,13H,2-3,6-7H2,1H3,(H2,20,21,22)/b16-14+. The van der Waals surface area contributed by atoms with E-state index in [4.69, 9.17) is 4.99 Å². The molecule has 5 nitrogen and oxygen atoms in total. The van der Waals surface area contributed by atoms with Gasteiger partial charge < -0.3 is 10.6 Å². The smallest absolute Gasteiger partial charge is 0.200 e. The van der Waals surface area contributed by atoms with Crippen LogP contribution >= 0.6 is 0 Å². The number of aliphatic imine (C=N–C) groups is 1. The normalized spacial score (nSPS) is 22.5. The highest BCUT2D eigenvalue weighted by Crippen LogP contribution is 2.22. The van der Waals surface area contributed by atoms with Crippen molar-refractivity contribution in [3.63, 3.8) is 0 Å². The van der Waals surface area contributed by atoms with E-state index in [0.717, 1.165) is 30.2 Å². The van der Waals surface area contributed by atoms with Gasteiger partial charge in [-0.1, -0.05) is 18.9 Å². The third-order valence-corrected chi connectivity index (χ3v) is 3.87. The van der Waals surface area contributed by atoms with Crippen molar-refractivity contribution in [2.24, 2.45) is 4.99 Å². The molecule has 1 aliphatic heterocycles. The summed E-state index contributed by atoms with van der Waals surface area (Å²) in [5.41, 5.74) is 2.91. The fourth-order valence-electron chi connectivity index (χ4n) is 2.82. The predicted molar refractivity (Wildman–Crippen MR) is 86.5 cm³/mol. The van der Waals surface area contributed by atoms with Crippen LogP contribution < -0.4 is 10.6 Å². The molecule has 1 aliphatic carbocycles. The van der Waals surface area contributed by atoms with Crippen molar-refractivity contribution in [2.75, 3.05) is 0 Å². The first-order valence-corrected chi connectivity index (χ1v) is 7.62. The van der Waals surface area contributed by atoms with Gasteiger partial charge >= 0.3 is 0 Å². The molecule has 0 radical (unpaired) electrons. The third kappa shape index (κ3) is 3.17. The van der Waals surface area contributed by atoms with Crippen molar-refractivity contribution in [1.29, 1.82) is 5.26 Å². The molecule has 112 valence electrons. The molecule has 3 rings (SSSR count). The fourth-order valence-corrected chi connectivity index (χ4v) is 2.82. The van der Waals surface area contributed by atoms with Gasteiger partial charge in [-0.25, -0.2) is 4.99 Å². The first-order valence-electron chi connectivity index (χ1n) is 7.62. The summed E-state index contributed by atoms with van der Waals surface area (Å²) in [5, 5.41) is 16.0. The summed E-state index contributed by atoms with van der Waals surface area (Å²) in [6, 6.07) is 8.19. The Morgan fingerprint density at radius 1 is 1.32 bits per heavy atom. The van der Waals surface area contributed by atoms with E-state index in [9.17, 15) is 5.26 Å². The molecule has 1 saturated carbocycles. The number of pyridine rings is 1. The molecule has 0 bridgehead atoms. The van der Waals surface area contributed by atoms with Crippen molar-refractivity contribution in [1.82, 2.24) is 15.6 Å². The highest BCUT2D eigenvalue weighted by molar-refractivity contribution is 5.90. The number of nitrogens with zero attached hydrogens (tertiary/aromatic N) is 3. The summed E-state index contributed by atoms with van der Waals surface area (Å²) in [5.74, 6) is 0.727. The van der Waals surface area contributed by atoms with Crippen molar-refractivity contribution < 1.29 is 0 Å². The van der Waals surface area contributed by atoms with Crippen molar-refractivity contribution in [3.05, 3.63) is 47.6 Å². The maximum atomic E-state index is 9.51. The summed E-state index contributed by atoms with van der Waals surface area (Å²) in [4.78, 5) is 9.00. The minimum Gasteiger partial charge on any atom is -0.330 e. The molecule has 0 spiro atoms. The van der Waals surface area contributed by atoms with E-state index >= 15 is 0 Å². The van der Waals surface area contributed by atoms with Gasteiger partial charge in [0.25, 0.3) is 0 Å². The molecule has 2 N–H and O–H groups in total. The maximum absolute atomic E-state index is 9.51. The zero-order valence-corrected chi connectivity index (χ0v) is 12.6. The molecule has 2 heterocycles. The lowest BCUT2D eigenvalue weighted by Gasteiger charge is -2.21. The SMILES string of the molecule is CC1=C/C(=C(/C#N)c2ccccn2)NC(=NC2CCCC2)N1. The second kappa shape index (κ2) is 6.44. The average molecular weight is 293 g/mol. The van der Waals surface area contributed by atoms with Crippen LogP contribution in [0.25, 0.3) is 5.57 Å². The van der Waals surface area contributed by atoms with Gasteiger partial charge in [0.2, 0.25) is 0 Å². The van der Waals surface area contributed by atoms with Crippen molar-refractivity contribution in [3.8, 4) is 6.07 Å².